The van der Waals surface area contributed by atoms with Crippen molar-refractivity contribution in [1.29, 1.82) is 5.26 Å². The molecule has 0 spiro atoms. The molecule has 0 fully saturated rings. The molecule has 0 heterocycles. The SMILES string of the molecule is N#Cc1c(OCCCCCCO)cccc1[N+](=O)[O-]. The van der Waals surface area contributed by atoms with Crippen molar-refractivity contribution in [2.24, 2.45) is 0 Å². The van der Waals surface area contributed by atoms with E-state index in [2.05, 4.69) is 0 Å². The average molecular weight is 264 g/mol. The second kappa shape index (κ2) is 8.06. The molecule has 0 bridgehead atoms. The monoisotopic (exact) mass is 264 g/mol. The first kappa shape index (κ1) is 14.9. The zero-order valence-electron chi connectivity index (χ0n) is 10.5. The third-order valence-electron chi connectivity index (χ3n) is 2.62. The molecule has 0 aromatic heterocycles. The summed E-state index contributed by atoms with van der Waals surface area (Å²) in [5.41, 5.74) is -0.275. The molecular weight excluding hydrogens is 248 g/mol. The topological polar surface area (TPSA) is 96.4 Å². The van der Waals surface area contributed by atoms with Crippen LogP contribution in [0.2, 0.25) is 0 Å². The van der Waals surface area contributed by atoms with Gasteiger partial charge in [0.25, 0.3) is 5.69 Å². The van der Waals surface area contributed by atoms with Crippen molar-refractivity contribution >= 4 is 5.69 Å². The van der Waals surface area contributed by atoms with Crippen molar-refractivity contribution in [3.05, 3.63) is 33.9 Å². The lowest BCUT2D eigenvalue weighted by Gasteiger charge is -2.07. The van der Waals surface area contributed by atoms with Crippen LogP contribution < -0.4 is 4.74 Å². The van der Waals surface area contributed by atoms with Crippen molar-refractivity contribution in [3.63, 3.8) is 0 Å². The minimum Gasteiger partial charge on any atom is -0.492 e. The van der Waals surface area contributed by atoms with Gasteiger partial charge in [-0.25, -0.2) is 0 Å². The van der Waals surface area contributed by atoms with Crippen molar-refractivity contribution in [2.45, 2.75) is 25.7 Å². The van der Waals surface area contributed by atoms with Crippen LogP contribution in [0.1, 0.15) is 31.2 Å². The fourth-order valence-electron chi connectivity index (χ4n) is 1.65. The highest BCUT2D eigenvalue weighted by Gasteiger charge is 2.17. The van der Waals surface area contributed by atoms with E-state index in [9.17, 15) is 10.1 Å². The lowest BCUT2D eigenvalue weighted by atomic mass is 10.1. The van der Waals surface area contributed by atoms with E-state index in [1.54, 1.807) is 12.1 Å². The summed E-state index contributed by atoms with van der Waals surface area (Å²) in [5, 5.41) is 28.3. The van der Waals surface area contributed by atoms with Gasteiger partial charge in [-0.05, 0) is 25.3 Å². The van der Waals surface area contributed by atoms with E-state index < -0.39 is 4.92 Å². The molecule has 0 aliphatic carbocycles. The first-order chi connectivity index (χ1) is 9.20. The molecule has 102 valence electrons. The number of nitrogens with zero attached hydrogens (tertiary/aromatic N) is 2. The zero-order chi connectivity index (χ0) is 14.1. The van der Waals surface area contributed by atoms with Crippen LogP contribution in [-0.2, 0) is 0 Å². The molecule has 1 N–H and O–H groups in total. The van der Waals surface area contributed by atoms with Gasteiger partial charge in [0, 0.05) is 12.7 Å². The highest BCUT2D eigenvalue weighted by molar-refractivity contribution is 5.56. The number of hydrogen-bond donors (Lipinski definition) is 1. The van der Waals surface area contributed by atoms with Crippen molar-refractivity contribution in [3.8, 4) is 11.8 Å². The summed E-state index contributed by atoms with van der Waals surface area (Å²) < 4.78 is 5.41. The summed E-state index contributed by atoms with van der Waals surface area (Å²) in [4.78, 5) is 10.2. The molecule has 0 amide bonds. The van der Waals surface area contributed by atoms with Gasteiger partial charge in [0.15, 0.2) is 5.56 Å². The van der Waals surface area contributed by atoms with E-state index in [4.69, 9.17) is 15.1 Å². The van der Waals surface area contributed by atoms with Crippen LogP contribution in [0, 0.1) is 21.4 Å². The van der Waals surface area contributed by atoms with E-state index in [0.717, 1.165) is 25.7 Å². The van der Waals surface area contributed by atoms with Gasteiger partial charge < -0.3 is 9.84 Å². The number of nitro benzene ring substituents is 1. The maximum atomic E-state index is 10.8. The maximum Gasteiger partial charge on any atom is 0.290 e. The molecule has 19 heavy (non-hydrogen) atoms. The number of aliphatic hydroxyl groups is 1. The Kier molecular flexibility index (Phi) is 6.33. The Morgan fingerprint density at radius 2 is 2.05 bits per heavy atom. The van der Waals surface area contributed by atoms with Crippen LogP contribution >= 0.6 is 0 Å². The number of ether oxygens (including phenoxy) is 1. The molecule has 0 aliphatic heterocycles. The number of aliphatic hydroxyl groups excluding tert-OH is 1. The highest BCUT2D eigenvalue weighted by atomic mass is 16.6. The van der Waals surface area contributed by atoms with Gasteiger partial charge in [-0.2, -0.15) is 5.26 Å². The van der Waals surface area contributed by atoms with E-state index in [1.807, 2.05) is 0 Å². The smallest absolute Gasteiger partial charge is 0.290 e. The number of rotatable bonds is 8. The van der Waals surface area contributed by atoms with Crippen LogP contribution in [0.25, 0.3) is 0 Å². The lowest BCUT2D eigenvalue weighted by molar-refractivity contribution is -0.385. The van der Waals surface area contributed by atoms with Gasteiger partial charge in [0.2, 0.25) is 0 Å². The summed E-state index contributed by atoms with van der Waals surface area (Å²) in [6.45, 7) is 0.589. The van der Waals surface area contributed by atoms with Gasteiger partial charge in [0.05, 0.1) is 11.5 Å². The van der Waals surface area contributed by atoms with Gasteiger partial charge in [-0.15, -0.1) is 0 Å². The predicted molar refractivity (Wildman–Crippen MR) is 68.9 cm³/mol. The van der Waals surface area contributed by atoms with Crippen LogP contribution in [0.3, 0.4) is 0 Å². The van der Waals surface area contributed by atoms with Crippen molar-refractivity contribution in [2.75, 3.05) is 13.2 Å². The summed E-state index contributed by atoms with van der Waals surface area (Å²) >= 11 is 0. The Balaban J connectivity index is 2.57. The van der Waals surface area contributed by atoms with Crippen LogP contribution in [0.5, 0.6) is 5.75 Å². The minimum absolute atomic E-state index is 0.0390. The molecule has 0 saturated heterocycles. The first-order valence-electron chi connectivity index (χ1n) is 6.12. The highest BCUT2D eigenvalue weighted by Crippen LogP contribution is 2.27. The van der Waals surface area contributed by atoms with Gasteiger partial charge in [0.1, 0.15) is 11.8 Å². The standard InChI is InChI=1S/C13H16N2O4/c14-10-11-12(15(17)18)6-5-7-13(11)19-9-4-2-1-3-8-16/h5-7,16H,1-4,8-9H2. The quantitative estimate of drug-likeness (QED) is 0.441. The number of hydrogen-bond acceptors (Lipinski definition) is 5. The Hall–Kier alpha value is -2.13. The molecule has 6 heteroatoms. The fourth-order valence-corrected chi connectivity index (χ4v) is 1.65. The molecule has 6 nitrogen and oxygen atoms in total. The summed E-state index contributed by atoms with van der Waals surface area (Å²) in [6.07, 6.45) is 3.38. The minimum atomic E-state index is -0.591. The maximum absolute atomic E-state index is 10.8. The van der Waals surface area contributed by atoms with Crippen LogP contribution in [0.4, 0.5) is 5.69 Å². The van der Waals surface area contributed by atoms with E-state index >= 15 is 0 Å². The first-order valence-corrected chi connectivity index (χ1v) is 6.12. The Bertz CT molecular complexity index is 468. The van der Waals surface area contributed by atoms with E-state index in [1.165, 1.54) is 12.1 Å². The second-order valence-corrected chi connectivity index (χ2v) is 4.01. The summed E-state index contributed by atoms with van der Waals surface area (Å²) in [7, 11) is 0. The molecule has 0 aliphatic rings. The van der Waals surface area contributed by atoms with Crippen LogP contribution in [0.15, 0.2) is 18.2 Å². The Morgan fingerprint density at radius 1 is 1.32 bits per heavy atom. The Labute approximate surface area is 111 Å². The second-order valence-electron chi connectivity index (χ2n) is 4.01. The molecule has 0 unspecified atom stereocenters. The van der Waals surface area contributed by atoms with Crippen molar-refractivity contribution in [1.82, 2.24) is 0 Å². The molecule has 1 aromatic carbocycles. The molecule has 0 saturated carbocycles. The number of nitriles is 1. The van der Waals surface area contributed by atoms with E-state index in [0.29, 0.717) is 6.61 Å². The molecule has 0 atom stereocenters. The zero-order valence-corrected chi connectivity index (χ0v) is 10.5. The predicted octanol–water partition coefficient (Wildman–Crippen LogP) is 2.40. The summed E-state index contributed by atoms with van der Waals surface area (Å²) in [6, 6.07) is 6.15. The van der Waals surface area contributed by atoms with Gasteiger partial charge >= 0.3 is 0 Å². The molecule has 1 aromatic rings. The lowest BCUT2D eigenvalue weighted by Crippen LogP contribution is -2.01. The van der Waals surface area contributed by atoms with Crippen molar-refractivity contribution < 1.29 is 14.8 Å². The Morgan fingerprint density at radius 3 is 2.68 bits per heavy atom. The number of benzene rings is 1. The normalized spacial score (nSPS) is 9.89. The molecule has 0 radical (unpaired) electrons. The molecule has 1 rings (SSSR count). The van der Waals surface area contributed by atoms with Gasteiger partial charge in [-0.1, -0.05) is 12.5 Å². The third-order valence-corrected chi connectivity index (χ3v) is 2.62. The fraction of sp³-hybridized carbons (Fsp3) is 0.462. The molecular formula is C13H16N2O4. The van der Waals surface area contributed by atoms with Gasteiger partial charge in [-0.3, -0.25) is 10.1 Å². The number of unbranched alkanes of at least 4 members (excludes halogenated alkanes) is 3. The number of nitro groups is 1. The average Bonchev–Trinajstić information content (AvgIpc) is 2.42. The summed E-state index contributed by atoms with van der Waals surface area (Å²) in [5.74, 6) is 0.249. The van der Waals surface area contributed by atoms with E-state index in [-0.39, 0.29) is 23.6 Å². The van der Waals surface area contributed by atoms with Crippen LogP contribution in [-0.4, -0.2) is 23.2 Å². The largest absolute Gasteiger partial charge is 0.492 e. The third kappa shape index (κ3) is 4.56.